The summed E-state index contributed by atoms with van der Waals surface area (Å²) >= 11 is 0. The fraction of sp³-hybridized carbons (Fsp3) is 0.344. The number of aromatic nitrogens is 4. The van der Waals surface area contributed by atoms with Crippen LogP contribution in [0.4, 0.5) is 17.3 Å². The number of fused-ring (bicyclic) bond motifs is 1. The lowest BCUT2D eigenvalue weighted by molar-refractivity contribution is -0.125. The number of carbonyl (C=O) groups excluding carboxylic acids is 1. The molecule has 1 N–H and O–H groups in total. The predicted molar refractivity (Wildman–Crippen MR) is 165 cm³/mol. The number of aryl methyl sites for hydroxylation is 1. The first kappa shape index (κ1) is 27.6. The minimum Gasteiger partial charge on any atom is -0.369 e. The van der Waals surface area contributed by atoms with Gasteiger partial charge in [0.15, 0.2) is 5.65 Å². The quantitative estimate of drug-likeness (QED) is 0.341. The molecule has 2 aliphatic rings. The molecule has 2 fully saturated rings. The van der Waals surface area contributed by atoms with Crippen LogP contribution in [0.2, 0.25) is 0 Å². The topological polar surface area (TPSA) is 99.5 Å². The van der Waals surface area contributed by atoms with Gasteiger partial charge in [0.2, 0.25) is 11.9 Å². The minimum atomic E-state index is -0.228. The molecule has 0 aliphatic carbocycles. The summed E-state index contributed by atoms with van der Waals surface area (Å²) in [6, 6.07) is 15.9. The van der Waals surface area contributed by atoms with Gasteiger partial charge in [0, 0.05) is 57.1 Å². The maximum atomic E-state index is 13.9. The number of hydrogen-bond acceptors (Lipinski definition) is 8. The van der Waals surface area contributed by atoms with Crippen LogP contribution >= 0.6 is 0 Å². The Morgan fingerprint density at radius 1 is 1.07 bits per heavy atom. The van der Waals surface area contributed by atoms with Gasteiger partial charge in [0.1, 0.15) is 11.2 Å². The van der Waals surface area contributed by atoms with E-state index >= 15 is 0 Å². The molecular weight excluding hydrogens is 528 g/mol. The lowest BCUT2D eigenvalue weighted by Gasteiger charge is -2.35. The number of anilines is 3. The number of rotatable bonds is 7. The van der Waals surface area contributed by atoms with Gasteiger partial charge < -0.3 is 20.0 Å². The first-order chi connectivity index (χ1) is 20.4. The van der Waals surface area contributed by atoms with Gasteiger partial charge in [0.25, 0.3) is 5.56 Å². The van der Waals surface area contributed by atoms with Crippen LogP contribution in [0.15, 0.2) is 72.2 Å². The van der Waals surface area contributed by atoms with Crippen molar-refractivity contribution in [3.8, 4) is 0 Å². The summed E-state index contributed by atoms with van der Waals surface area (Å²) in [7, 11) is 2.16. The Labute approximate surface area is 245 Å². The highest BCUT2D eigenvalue weighted by molar-refractivity contribution is 5.87. The largest absolute Gasteiger partial charge is 0.369 e. The van der Waals surface area contributed by atoms with E-state index in [1.54, 1.807) is 15.7 Å². The maximum absolute atomic E-state index is 13.9. The Hall–Kier alpha value is -4.57. The van der Waals surface area contributed by atoms with Gasteiger partial charge in [0.05, 0.1) is 12.2 Å². The summed E-state index contributed by atoms with van der Waals surface area (Å²) < 4.78 is 1.71. The Bertz CT molecular complexity index is 1680. The second kappa shape index (κ2) is 11.7. The van der Waals surface area contributed by atoms with Gasteiger partial charge in [-0.3, -0.25) is 14.2 Å². The van der Waals surface area contributed by atoms with Gasteiger partial charge >= 0.3 is 0 Å². The standard InChI is InChI=1S/C32H36N8O2/c1-4-29(41)39-13-12-25(21-39)40-30-27(35-26(31(40)42)19-23-8-6-5-7-9-23)20-33-32(36-30)34-24-10-11-28(22(2)18-24)38-16-14-37(3)15-17-38/h4-11,18,20,25H,1,12-17,19,21H2,2-3H3,(H,33,34,36)/t25-/m0/s1. The van der Waals surface area contributed by atoms with Crippen LogP contribution in [0, 0.1) is 6.92 Å². The van der Waals surface area contributed by atoms with Gasteiger partial charge in [-0.2, -0.15) is 4.98 Å². The highest BCUT2D eigenvalue weighted by Crippen LogP contribution is 2.27. The van der Waals surface area contributed by atoms with Crippen molar-refractivity contribution in [2.24, 2.45) is 0 Å². The number of hydrogen-bond donors (Lipinski definition) is 1. The number of likely N-dealkylation sites (tertiary alicyclic amines) is 1. The maximum Gasteiger partial charge on any atom is 0.274 e. The van der Waals surface area contributed by atoms with Crippen LogP contribution in [-0.2, 0) is 11.2 Å². The zero-order valence-corrected chi connectivity index (χ0v) is 24.2. The number of benzene rings is 2. The molecule has 2 saturated heterocycles. The Kier molecular flexibility index (Phi) is 7.71. The van der Waals surface area contributed by atoms with E-state index in [-0.39, 0.29) is 17.5 Å². The van der Waals surface area contributed by atoms with Crippen LogP contribution in [0.1, 0.15) is 29.3 Å². The van der Waals surface area contributed by atoms with Crippen molar-refractivity contribution in [2.75, 3.05) is 56.5 Å². The molecule has 10 nitrogen and oxygen atoms in total. The molecule has 0 bridgehead atoms. The summed E-state index contributed by atoms with van der Waals surface area (Å²) in [5, 5.41) is 3.33. The van der Waals surface area contributed by atoms with Crippen LogP contribution in [0.3, 0.4) is 0 Å². The summed E-state index contributed by atoms with van der Waals surface area (Å²) in [5.74, 6) is 0.248. The third kappa shape index (κ3) is 5.62. The first-order valence-corrected chi connectivity index (χ1v) is 14.4. The van der Waals surface area contributed by atoms with Crippen molar-refractivity contribution in [1.82, 2.24) is 29.3 Å². The molecule has 10 heteroatoms. The van der Waals surface area contributed by atoms with Gasteiger partial charge in [-0.25, -0.2) is 9.97 Å². The molecule has 1 atom stereocenters. The highest BCUT2D eigenvalue weighted by Gasteiger charge is 2.29. The van der Waals surface area contributed by atoms with Crippen molar-refractivity contribution < 1.29 is 4.79 Å². The number of amides is 1. The molecular formula is C32H36N8O2. The summed E-state index contributed by atoms with van der Waals surface area (Å²) in [5.41, 5.74) is 5.51. The number of piperazine rings is 1. The van der Waals surface area contributed by atoms with Crippen molar-refractivity contribution in [1.29, 1.82) is 0 Å². The Morgan fingerprint density at radius 3 is 2.60 bits per heavy atom. The van der Waals surface area contributed by atoms with Crippen molar-refractivity contribution in [3.63, 3.8) is 0 Å². The second-order valence-corrected chi connectivity index (χ2v) is 11.1. The van der Waals surface area contributed by atoms with Crippen molar-refractivity contribution >= 4 is 34.4 Å². The average molecular weight is 565 g/mol. The molecule has 1 amide bonds. The van der Waals surface area contributed by atoms with E-state index in [4.69, 9.17) is 9.97 Å². The third-order valence-electron chi connectivity index (χ3n) is 8.23. The highest BCUT2D eigenvalue weighted by atomic mass is 16.2. The van der Waals surface area contributed by atoms with E-state index in [0.717, 1.165) is 37.4 Å². The molecule has 4 heterocycles. The van der Waals surface area contributed by atoms with Gasteiger partial charge in [-0.15, -0.1) is 0 Å². The monoisotopic (exact) mass is 564 g/mol. The fourth-order valence-electron chi connectivity index (χ4n) is 5.90. The van der Waals surface area contributed by atoms with E-state index in [1.165, 1.54) is 17.3 Å². The molecule has 42 heavy (non-hydrogen) atoms. The van der Waals surface area contributed by atoms with E-state index in [9.17, 15) is 9.59 Å². The molecule has 0 saturated carbocycles. The number of likely N-dealkylation sites (N-methyl/N-ethyl adjacent to an activating group) is 1. The van der Waals surface area contributed by atoms with Crippen LogP contribution < -0.4 is 15.8 Å². The summed E-state index contributed by atoms with van der Waals surface area (Å²) in [4.78, 5) is 46.8. The molecule has 2 aliphatic heterocycles. The Morgan fingerprint density at radius 2 is 1.86 bits per heavy atom. The molecule has 0 spiro atoms. The number of nitrogens with zero attached hydrogens (tertiary/aromatic N) is 7. The van der Waals surface area contributed by atoms with E-state index in [0.29, 0.717) is 48.7 Å². The van der Waals surface area contributed by atoms with E-state index < -0.39 is 0 Å². The van der Waals surface area contributed by atoms with Crippen LogP contribution in [0.5, 0.6) is 0 Å². The fourth-order valence-corrected chi connectivity index (χ4v) is 5.90. The number of nitrogens with one attached hydrogen (secondary N) is 1. The molecule has 2 aromatic carbocycles. The molecule has 216 valence electrons. The zero-order chi connectivity index (χ0) is 29.2. The normalized spacial score (nSPS) is 17.5. The smallest absolute Gasteiger partial charge is 0.274 e. The molecule has 0 unspecified atom stereocenters. The second-order valence-electron chi connectivity index (χ2n) is 11.1. The lowest BCUT2D eigenvalue weighted by Crippen LogP contribution is -2.44. The average Bonchev–Trinajstić information content (AvgIpc) is 3.48. The zero-order valence-electron chi connectivity index (χ0n) is 24.2. The van der Waals surface area contributed by atoms with E-state index in [2.05, 4.69) is 52.8 Å². The predicted octanol–water partition coefficient (Wildman–Crippen LogP) is 3.54. The number of carbonyl (C=O) groups is 1. The molecule has 6 rings (SSSR count). The molecule has 2 aromatic heterocycles. The van der Waals surface area contributed by atoms with Crippen molar-refractivity contribution in [3.05, 3.63) is 94.6 Å². The summed E-state index contributed by atoms with van der Waals surface area (Å²) in [6.07, 6.45) is 4.03. The molecule has 4 aromatic rings. The first-order valence-electron chi connectivity index (χ1n) is 14.4. The lowest BCUT2D eigenvalue weighted by atomic mass is 10.1. The van der Waals surface area contributed by atoms with Crippen LogP contribution in [-0.4, -0.2) is 81.5 Å². The SMILES string of the molecule is C=CC(=O)N1CC[C@H](n2c(=O)c(Cc3ccccc3)nc3cnc(Nc4ccc(N5CCN(C)CC5)c(C)c4)nc32)C1. The minimum absolute atomic E-state index is 0.138. The van der Waals surface area contributed by atoms with Crippen LogP contribution in [0.25, 0.3) is 11.2 Å². The van der Waals surface area contributed by atoms with E-state index in [1.807, 2.05) is 36.4 Å². The third-order valence-corrected chi connectivity index (χ3v) is 8.23. The van der Waals surface area contributed by atoms with Gasteiger partial charge in [-0.1, -0.05) is 36.9 Å². The molecule has 0 radical (unpaired) electrons. The van der Waals surface area contributed by atoms with Crippen molar-refractivity contribution in [2.45, 2.75) is 25.8 Å². The Balaban J connectivity index is 1.34. The van der Waals surface area contributed by atoms with Gasteiger partial charge in [-0.05, 0) is 55.8 Å². The summed E-state index contributed by atoms with van der Waals surface area (Å²) in [6.45, 7) is 10.8.